The number of hydrogen-bond acceptors (Lipinski definition) is 6. The van der Waals surface area contributed by atoms with Gasteiger partial charge in [0, 0.05) is 23.8 Å². The van der Waals surface area contributed by atoms with Crippen LogP contribution in [-0.2, 0) is 4.74 Å². The number of halogens is 1. The van der Waals surface area contributed by atoms with Crippen LogP contribution in [0.2, 0.25) is 4.34 Å². The monoisotopic (exact) mass is 444 g/mol. The van der Waals surface area contributed by atoms with Gasteiger partial charge < -0.3 is 15.0 Å². The molecule has 1 N–H and O–H groups in total. The minimum Gasteiger partial charge on any atom is -0.442 e. The Kier molecular flexibility index (Phi) is 5.12. The number of aliphatic imine (C=N–C) groups is 1. The Morgan fingerprint density at radius 3 is 2.57 bits per heavy atom. The highest BCUT2D eigenvalue weighted by Gasteiger charge is 2.35. The Balaban J connectivity index is 1.19. The molecule has 2 amide bonds. The smallest absolute Gasteiger partial charge is 0.414 e. The molecule has 1 saturated carbocycles. The predicted molar refractivity (Wildman–Crippen MR) is 118 cm³/mol. The summed E-state index contributed by atoms with van der Waals surface area (Å²) in [5, 5.41) is 2.80. The number of ether oxygens (including phenoxy) is 1. The normalized spacial score (nSPS) is 21.0. The first-order valence-electron chi connectivity index (χ1n) is 10.0. The molecule has 3 aliphatic rings. The molecule has 1 aliphatic carbocycles. The molecule has 0 radical (unpaired) electrons. The quantitative estimate of drug-likeness (QED) is 0.735. The van der Waals surface area contributed by atoms with Crippen molar-refractivity contribution in [2.45, 2.75) is 18.9 Å². The molecule has 0 spiro atoms. The average Bonchev–Trinajstić information content (AvgIpc) is 3.13. The van der Waals surface area contributed by atoms with Crippen LogP contribution in [0.5, 0.6) is 0 Å². The molecule has 3 heterocycles. The van der Waals surface area contributed by atoms with Crippen LogP contribution in [0.15, 0.2) is 41.4 Å². The van der Waals surface area contributed by atoms with Gasteiger partial charge in [-0.05, 0) is 49.2 Å². The number of amides is 2. The van der Waals surface area contributed by atoms with E-state index in [0.717, 1.165) is 24.5 Å². The highest BCUT2D eigenvalue weighted by Crippen LogP contribution is 2.36. The summed E-state index contributed by atoms with van der Waals surface area (Å²) in [5.41, 5.74) is 1.89. The molecule has 1 atom stereocenters. The lowest BCUT2D eigenvalue weighted by Gasteiger charge is -2.21. The van der Waals surface area contributed by atoms with E-state index in [2.05, 4.69) is 15.2 Å². The first-order valence-corrected chi connectivity index (χ1v) is 11.2. The van der Waals surface area contributed by atoms with Crippen molar-refractivity contribution < 1.29 is 14.3 Å². The zero-order chi connectivity index (χ0) is 20.7. The van der Waals surface area contributed by atoms with Gasteiger partial charge in [-0.15, -0.1) is 11.3 Å². The Morgan fingerprint density at radius 1 is 1.17 bits per heavy atom. The standard InChI is InChI=1S/C21H21ClN4O3S/c22-18-8-7-17(30-18)20(27)24-11-16-12-26(21(28)29-16)15-5-3-14(4-6-15)25-10-9-23-19(25)13-1-2-13/h3-8,13,16H,1-2,9-12H2,(H,24,27)/t16-/m0/s1. The van der Waals surface area contributed by atoms with Crippen molar-refractivity contribution in [2.75, 3.05) is 36.0 Å². The average molecular weight is 445 g/mol. The Morgan fingerprint density at radius 2 is 1.90 bits per heavy atom. The van der Waals surface area contributed by atoms with Gasteiger partial charge in [-0.2, -0.15) is 0 Å². The summed E-state index contributed by atoms with van der Waals surface area (Å²) in [5.74, 6) is 1.59. The second-order valence-electron chi connectivity index (χ2n) is 7.61. The van der Waals surface area contributed by atoms with Gasteiger partial charge in [0.2, 0.25) is 0 Å². The van der Waals surface area contributed by atoms with Crippen LogP contribution >= 0.6 is 22.9 Å². The summed E-state index contributed by atoms with van der Waals surface area (Å²) in [6.07, 6.45) is 1.65. The molecule has 2 aliphatic heterocycles. The fraction of sp³-hybridized carbons (Fsp3) is 0.381. The highest BCUT2D eigenvalue weighted by atomic mass is 35.5. The van der Waals surface area contributed by atoms with Crippen LogP contribution in [-0.4, -0.2) is 50.1 Å². The van der Waals surface area contributed by atoms with Crippen molar-refractivity contribution in [1.82, 2.24) is 5.32 Å². The van der Waals surface area contributed by atoms with Crippen molar-refractivity contribution in [3.63, 3.8) is 0 Å². The maximum atomic E-state index is 12.3. The topological polar surface area (TPSA) is 74.2 Å². The lowest BCUT2D eigenvalue weighted by molar-refractivity contribution is 0.0920. The van der Waals surface area contributed by atoms with E-state index in [9.17, 15) is 9.59 Å². The molecule has 0 bridgehead atoms. The van der Waals surface area contributed by atoms with E-state index in [-0.39, 0.29) is 12.5 Å². The van der Waals surface area contributed by atoms with E-state index in [0.29, 0.717) is 21.7 Å². The Labute approximate surface area is 183 Å². The number of hydrogen-bond donors (Lipinski definition) is 1. The minimum atomic E-state index is -0.400. The van der Waals surface area contributed by atoms with Crippen molar-refractivity contribution in [3.8, 4) is 0 Å². The molecule has 7 nitrogen and oxygen atoms in total. The van der Waals surface area contributed by atoms with E-state index in [1.807, 2.05) is 24.3 Å². The largest absolute Gasteiger partial charge is 0.442 e. The SMILES string of the molecule is O=C(NC[C@H]1CN(c2ccc(N3CCN=C3C3CC3)cc2)C(=O)O1)c1ccc(Cl)s1. The van der Waals surface area contributed by atoms with Crippen LogP contribution < -0.4 is 15.1 Å². The minimum absolute atomic E-state index is 0.218. The number of benzene rings is 1. The Hall–Kier alpha value is -2.58. The summed E-state index contributed by atoms with van der Waals surface area (Å²) >= 11 is 7.09. The van der Waals surface area contributed by atoms with Gasteiger partial charge in [-0.25, -0.2) is 4.79 Å². The van der Waals surface area contributed by atoms with E-state index in [1.165, 1.54) is 30.0 Å². The first kappa shape index (κ1) is 19.4. The number of thiophene rings is 1. The number of nitrogens with zero attached hydrogens (tertiary/aromatic N) is 3. The van der Waals surface area contributed by atoms with Crippen LogP contribution in [0, 0.1) is 5.92 Å². The van der Waals surface area contributed by atoms with E-state index < -0.39 is 12.2 Å². The van der Waals surface area contributed by atoms with Crippen molar-refractivity contribution in [2.24, 2.45) is 10.9 Å². The van der Waals surface area contributed by atoms with Gasteiger partial charge in [0.05, 0.1) is 28.8 Å². The molecule has 9 heteroatoms. The van der Waals surface area contributed by atoms with Gasteiger partial charge in [0.1, 0.15) is 11.9 Å². The van der Waals surface area contributed by atoms with Gasteiger partial charge in [-0.1, -0.05) is 11.6 Å². The van der Waals surface area contributed by atoms with Gasteiger partial charge in [0.15, 0.2) is 0 Å². The number of cyclic esters (lactones) is 1. The summed E-state index contributed by atoms with van der Waals surface area (Å²) < 4.78 is 5.99. The van der Waals surface area contributed by atoms with E-state index in [1.54, 1.807) is 17.0 Å². The molecule has 1 saturated heterocycles. The molecule has 1 aromatic heterocycles. The number of anilines is 2. The molecular formula is C21H21ClN4O3S. The van der Waals surface area contributed by atoms with Crippen LogP contribution in [0.1, 0.15) is 22.5 Å². The summed E-state index contributed by atoms with van der Waals surface area (Å²) in [4.78, 5) is 33.6. The maximum absolute atomic E-state index is 12.3. The molecule has 30 heavy (non-hydrogen) atoms. The summed E-state index contributed by atoms with van der Waals surface area (Å²) in [6, 6.07) is 11.3. The van der Waals surface area contributed by atoms with Crippen LogP contribution in [0.4, 0.5) is 16.2 Å². The molecule has 2 fully saturated rings. The molecule has 2 aromatic rings. The van der Waals surface area contributed by atoms with Gasteiger partial charge in [-0.3, -0.25) is 14.7 Å². The number of carbonyl (C=O) groups excluding carboxylic acids is 2. The second-order valence-corrected chi connectivity index (χ2v) is 9.33. The summed E-state index contributed by atoms with van der Waals surface area (Å²) in [7, 11) is 0. The molecule has 0 unspecified atom stereocenters. The zero-order valence-electron chi connectivity index (χ0n) is 16.2. The number of amidine groups is 1. The first-order chi connectivity index (χ1) is 14.6. The summed E-state index contributed by atoms with van der Waals surface area (Å²) in [6.45, 7) is 2.40. The number of nitrogens with one attached hydrogen (secondary N) is 1. The maximum Gasteiger partial charge on any atom is 0.414 e. The molecule has 1 aromatic carbocycles. The van der Waals surface area contributed by atoms with Crippen molar-refractivity contribution >= 4 is 52.1 Å². The van der Waals surface area contributed by atoms with Crippen molar-refractivity contribution in [3.05, 3.63) is 45.6 Å². The van der Waals surface area contributed by atoms with Crippen LogP contribution in [0.3, 0.4) is 0 Å². The van der Waals surface area contributed by atoms with E-state index in [4.69, 9.17) is 16.3 Å². The fourth-order valence-corrected chi connectivity index (χ4v) is 4.76. The molecule has 156 valence electrons. The van der Waals surface area contributed by atoms with Gasteiger partial charge >= 0.3 is 6.09 Å². The lowest BCUT2D eigenvalue weighted by Crippen LogP contribution is -2.34. The molecule has 5 rings (SSSR count). The zero-order valence-corrected chi connectivity index (χ0v) is 17.8. The van der Waals surface area contributed by atoms with Crippen LogP contribution in [0.25, 0.3) is 0 Å². The second kappa shape index (κ2) is 7.92. The lowest BCUT2D eigenvalue weighted by atomic mass is 10.2. The number of rotatable bonds is 6. The third kappa shape index (κ3) is 3.89. The number of carbonyl (C=O) groups is 2. The predicted octanol–water partition coefficient (Wildman–Crippen LogP) is 3.79. The Bertz CT molecular complexity index is 1000. The molecular weight excluding hydrogens is 424 g/mol. The van der Waals surface area contributed by atoms with Crippen molar-refractivity contribution in [1.29, 1.82) is 0 Å². The van der Waals surface area contributed by atoms with E-state index >= 15 is 0 Å². The van der Waals surface area contributed by atoms with Gasteiger partial charge in [0.25, 0.3) is 5.91 Å². The fourth-order valence-electron chi connectivity index (χ4n) is 3.80. The highest BCUT2D eigenvalue weighted by molar-refractivity contribution is 7.18. The third-order valence-electron chi connectivity index (χ3n) is 5.45. The third-order valence-corrected chi connectivity index (χ3v) is 6.68.